The number of hydrogen-bond donors (Lipinski definition) is 2. The molecule has 9 heteroatoms. The number of carbonyl (C=O) groups is 3. The molecule has 42 heavy (non-hydrogen) atoms. The van der Waals surface area contributed by atoms with Gasteiger partial charge < -0.3 is 20.1 Å². The summed E-state index contributed by atoms with van der Waals surface area (Å²) >= 11 is 3.59. The molecule has 0 spiro atoms. The molecule has 8 nitrogen and oxygen atoms in total. The van der Waals surface area contributed by atoms with Crippen LogP contribution in [-0.2, 0) is 22.6 Å². The van der Waals surface area contributed by atoms with Crippen LogP contribution in [0, 0.1) is 0 Å². The number of halogens is 1. The maximum atomic E-state index is 13.1. The predicted octanol–water partition coefficient (Wildman–Crippen LogP) is 6.67. The molecule has 4 aromatic rings. The van der Waals surface area contributed by atoms with E-state index in [0.717, 1.165) is 33.2 Å². The third kappa shape index (κ3) is 6.31. The molecule has 0 radical (unpaired) electrons. The van der Waals surface area contributed by atoms with Gasteiger partial charge >= 0.3 is 6.03 Å². The smallest absolute Gasteiger partial charge is 0.329 e. The zero-order valence-corrected chi connectivity index (χ0v) is 24.9. The number of imide groups is 1. The van der Waals surface area contributed by atoms with Gasteiger partial charge in [0, 0.05) is 5.69 Å². The first-order chi connectivity index (χ1) is 20.4. The third-order valence-electron chi connectivity index (χ3n) is 6.83. The number of nitrogens with zero attached hydrogens (tertiary/aromatic N) is 1. The summed E-state index contributed by atoms with van der Waals surface area (Å²) in [4.78, 5) is 39.3. The van der Waals surface area contributed by atoms with Crippen LogP contribution in [0.2, 0.25) is 0 Å². The normalized spacial score (nSPS) is 13.9. The van der Waals surface area contributed by atoms with Gasteiger partial charge in [0.25, 0.3) is 5.91 Å². The first-order valence-electron chi connectivity index (χ1n) is 13.7. The fourth-order valence-electron chi connectivity index (χ4n) is 4.81. The van der Waals surface area contributed by atoms with E-state index in [1.165, 1.54) is 0 Å². The summed E-state index contributed by atoms with van der Waals surface area (Å²) in [6, 6.07) is 24.5. The van der Waals surface area contributed by atoms with Crippen LogP contribution in [-0.4, -0.2) is 35.9 Å². The number of hydrogen-bond acceptors (Lipinski definition) is 5. The molecule has 2 N–H and O–H groups in total. The Morgan fingerprint density at radius 2 is 1.69 bits per heavy atom. The van der Waals surface area contributed by atoms with Crippen molar-refractivity contribution >= 4 is 56.3 Å². The highest BCUT2D eigenvalue weighted by molar-refractivity contribution is 9.10. The SMILES string of the molecule is CCOc1cc(/C=C2/NC(=O)N(CC(=O)Nc3ccccc3CC)C2=O)cc(Br)c1OCc1cccc2ccccc12. The van der Waals surface area contributed by atoms with Crippen molar-refractivity contribution in [2.45, 2.75) is 26.9 Å². The van der Waals surface area contributed by atoms with E-state index in [1.54, 1.807) is 24.3 Å². The number of carbonyl (C=O) groups excluding carboxylic acids is 3. The molecule has 0 aliphatic carbocycles. The van der Waals surface area contributed by atoms with Gasteiger partial charge in [0.2, 0.25) is 5.91 Å². The lowest BCUT2D eigenvalue weighted by Gasteiger charge is -2.16. The summed E-state index contributed by atoms with van der Waals surface area (Å²) < 4.78 is 12.7. The van der Waals surface area contributed by atoms with Gasteiger partial charge in [-0.15, -0.1) is 0 Å². The molecular weight excluding hydrogens is 598 g/mol. The van der Waals surface area contributed by atoms with Crippen LogP contribution < -0.4 is 20.1 Å². The number of amides is 4. The Morgan fingerprint density at radius 3 is 2.50 bits per heavy atom. The molecule has 1 saturated heterocycles. The van der Waals surface area contributed by atoms with Gasteiger partial charge in [0.05, 0.1) is 11.1 Å². The Labute approximate surface area is 252 Å². The number of anilines is 1. The molecule has 5 rings (SSSR count). The van der Waals surface area contributed by atoms with Crippen LogP contribution in [0.15, 0.2) is 89.0 Å². The van der Waals surface area contributed by atoms with Crippen LogP contribution in [0.4, 0.5) is 10.5 Å². The minimum Gasteiger partial charge on any atom is -0.490 e. The van der Waals surface area contributed by atoms with Crippen LogP contribution in [0.3, 0.4) is 0 Å². The van der Waals surface area contributed by atoms with Gasteiger partial charge in [0.1, 0.15) is 18.8 Å². The van der Waals surface area contributed by atoms with Gasteiger partial charge in [0.15, 0.2) is 11.5 Å². The van der Waals surface area contributed by atoms with Crippen LogP contribution >= 0.6 is 15.9 Å². The fourth-order valence-corrected chi connectivity index (χ4v) is 5.38. The van der Waals surface area contributed by atoms with Crippen molar-refractivity contribution in [1.82, 2.24) is 10.2 Å². The minimum atomic E-state index is -0.663. The number of ether oxygens (including phenoxy) is 2. The number of para-hydroxylation sites is 1. The lowest BCUT2D eigenvalue weighted by molar-refractivity contribution is -0.127. The van der Waals surface area contributed by atoms with Crippen LogP contribution in [0.1, 0.15) is 30.5 Å². The van der Waals surface area contributed by atoms with Crippen molar-refractivity contribution in [3.05, 3.63) is 106 Å². The quantitative estimate of drug-likeness (QED) is 0.151. The average molecular weight is 629 g/mol. The molecule has 214 valence electrons. The second-order valence-electron chi connectivity index (χ2n) is 9.63. The van der Waals surface area contributed by atoms with E-state index in [1.807, 2.05) is 56.3 Å². The number of benzene rings is 4. The van der Waals surface area contributed by atoms with Crippen molar-refractivity contribution in [3.63, 3.8) is 0 Å². The average Bonchev–Trinajstić information content (AvgIpc) is 3.24. The van der Waals surface area contributed by atoms with Gasteiger partial charge in [-0.05, 0) is 81.0 Å². The number of aryl methyl sites for hydroxylation is 1. The molecule has 1 aliphatic heterocycles. The summed E-state index contributed by atoms with van der Waals surface area (Å²) in [5.74, 6) is -0.0417. The van der Waals surface area contributed by atoms with E-state index < -0.39 is 24.4 Å². The number of nitrogens with one attached hydrogen (secondary N) is 2. The van der Waals surface area contributed by atoms with Gasteiger partial charge in [-0.3, -0.25) is 9.59 Å². The zero-order chi connectivity index (χ0) is 29.6. The zero-order valence-electron chi connectivity index (χ0n) is 23.3. The second kappa shape index (κ2) is 12.9. The summed E-state index contributed by atoms with van der Waals surface area (Å²) in [5.41, 5.74) is 3.32. The highest BCUT2D eigenvalue weighted by Gasteiger charge is 2.35. The van der Waals surface area contributed by atoms with Crippen molar-refractivity contribution < 1.29 is 23.9 Å². The number of rotatable bonds is 10. The summed E-state index contributed by atoms with van der Waals surface area (Å²) in [6.07, 6.45) is 2.28. The van der Waals surface area contributed by atoms with Crippen LogP contribution in [0.25, 0.3) is 16.8 Å². The number of urea groups is 1. The lowest BCUT2D eigenvalue weighted by atomic mass is 10.1. The molecule has 1 heterocycles. The van der Waals surface area contributed by atoms with Crippen LogP contribution in [0.5, 0.6) is 11.5 Å². The standard InChI is InChI=1S/C33H30BrN3O5/c1-3-22-10-6-8-15-27(22)35-30(38)19-37-32(39)28(36-33(37)40)17-21-16-26(34)31(29(18-21)41-4-2)42-20-24-13-9-12-23-11-5-7-14-25(23)24/h5-18H,3-4,19-20H2,1-2H3,(H,35,38)(H,36,40)/b28-17+. The molecule has 1 fully saturated rings. The Morgan fingerprint density at radius 1 is 0.952 bits per heavy atom. The van der Waals surface area contributed by atoms with Gasteiger partial charge in [-0.1, -0.05) is 67.6 Å². The first kappa shape index (κ1) is 28.9. The van der Waals surface area contributed by atoms with E-state index >= 15 is 0 Å². The highest BCUT2D eigenvalue weighted by atomic mass is 79.9. The largest absolute Gasteiger partial charge is 0.490 e. The van der Waals surface area contributed by atoms with E-state index in [9.17, 15) is 14.4 Å². The summed E-state index contributed by atoms with van der Waals surface area (Å²) in [5, 5.41) is 7.61. The molecular formula is C33H30BrN3O5. The maximum absolute atomic E-state index is 13.1. The summed E-state index contributed by atoms with van der Waals surface area (Å²) in [6.45, 7) is 4.18. The van der Waals surface area contributed by atoms with Gasteiger partial charge in [-0.2, -0.15) is 0 Å². The molecule has 0 unspecified atom stereocenters. The topological polar surface area (TPSA) is 97.0 Å². The van der Waals surface area contributed by atoms with Crippen molar-refractivity contribution in [2.24, 2.45) is 0 Å². The van der Waals surface area contributed by atoms with Crippen molar-refractivity contribution in [3.8, 4) is 11.5 Å². The Bertz CT molecular complexity index is 1700. The molecule has 0 saturated carbocycles. The second-order valence-corrected chi connectivity index (χ2v) is 10.5. The van der Waals surface area contributed by atoms with Crippen molar-refractivity contribution in [1.29, 1.82) is 0 Å². The molecule has 0 aromatic heterocycles. The highest BCUT2D eigenvalue weighted by Crippen LogP contribution is 2.38. The van der Waals surface area contributed by atoms with E-state index in [-0.39, 0.29) is 5.70 Å². The first-order valence-corrected chi connectivity index (χ1v) is 14.4. The predicted molar refractivity (Wildman–Crippen MR) is 166 cm³/mol. The van der Waals surface area contributed by atoms with Gasteiger partial charge in [-0.25, -0.2) is 9.69 Å². The Hall–Kier alpha value is -4.63. The summed E-state index contributed by atoms with van der Waals surface area (Å²) in [7, 11) is 0. The third-order valence-corrected chi connectivity index (χ3v) is 7.42. The Balaban J connectivity index is 1.32. The van der Waals surface area contributed by atoms with Crippen molar-refractivity contribution in [2.75, 3.05) is 18.5 Å². The van der Waals surface area contributed by atoms with E-state index in [0.29, 0.717) is 40.4 Å². The molecule has 4 aromatic carbocycles. The monoisotopic (exact) mass is 627 g/mol. The van der Waals surface area contributed by atoms with E-state index in [4.69, 9.17) is 9.47 Å². The minimum absolute atomic E-state index is 0.0560. The fraction of sp³-hybridized carbons (Fsp3) is 0.182. The van der Waals surface area contributed by atoms with E-state index in [2.05, 4.69) is 44.8 Å². The molecule has 1 aliphatic rings. The molecule has 0 atom stereocenters. The number of fused-ring (bicyclic) bond motifs is 1. The molecule has 4 amide bonds. The Kier molecular flexibility index (Phi) is 8.88. The molecule has 0 bridgehead atoms. The maximum Gasteiger partial charge on any atom is 0.329 e. The lowest BCUT2D eigenvalue weighted by Crippen LogP contribution is -2.38.